The molecule has 3 nitrogen and oxygen atoms in total. The fourth-order valence-corrected chi connectivity index (χ4v) is 2.59. The van der Waals surface area contributed by atoms with Gasteiger partial charge in [-0.2, -0.15) is 0 Å². The van der Waals surface area contributed by atoms with Crippen LogP contribution < -0.4 is 5.32 Å². The maximum absolute atomic E-state index is 12.4. The molecule has 0 aliphatic rings. The molecule has 1 amide bonds. The highest BCUT2D eigenvalue weighted by atomic mass is 16.1. The molecular formula is C20H35N2O+. The Morgan fingerprint density at radius 3 is 2.09 bits per heavy atom. The van der Waals surface area contributed by atoms with Crippen molar-refractivity contribution in [2.75, 3.05) is 27.7 Å². The summed E-state index contributed by atoms with van der Waals surface area (Å²) >= 11 is 0. The number of carbonyl (C=O) groups excluding carboxylic acids is 1. The Hall–Kier alpha value is -1.35. The molecule has 0 radical (unpaired) electrons. The molecule has 0 aliphatic carbocycles. The van der Waals surface area contributed by atoms with Crippen molar-refractivity contribution in [1.82, 2.24) is 5.32 Å². The smallest absolute Gasteiger partial charge is 0.227 e. The van der Waals surface area contributed by atoms with E-state index in [2.05, 4.69) is 71.5 Å². The van der Waals surface area contributed by atoms with Crippen LogP contribution in [0.2, 0.25) is 0 Å². The third kappa shape index (κ3) is 7.65. The predicted molar refractivity (Wildman–Crippen MR) is 98.5 cm³/mol. The van der Waals surface area contributed by atoms with Crippen molar-refractivity contribution in [3.05, 3.63) is 35.4 Å². The first-order chi connectivity index (χ1) is 10.6. The summed E-state index contributed by atoms with van der Waals surface area (Å²) in [4.78, 5) is 12.4. The molecule has 0 spiro atoms. The second kappa shape index (κ2) is 8.49. The fourth-order valence-electron chi connectivity index (χ4n) is 2.59. The Kier molecular flexibility index (Phi) is 7.27. The summed E-state index contributed by atoms with van der Waals surface area (Å²) in [5, 5.41) is 3.15. The minimum Gasteiger partial charge on any atom is -0.353 e. The molecule has 130 valence electrons. The number of carbonyl (C=O) groups is 1. The summed E-state index contributed by atoms with van der Waals surface area (Å²) in [5.41, 5.74) is 2.43. The Bertz CT molecular complexity index is 485. The zero-order valence-corrected chi connectivity index (χ0v) is 16.0. The Morgan fingerprint density at radius 1 is 1.04 bits per heavy atom. The largest absolute Gasteiger partial charge is 0.353 e. The summed E-state index contributed by atoms with van der Waals surface area (Å²) in [7, 11) is 6.53. The number of amides is 1. The van der Waals surface area contributed by atoms with E-state index in [9.17, 15) is 4.79 Å². The molecule has 1 rings (SSSR count). The minimum absolute atomic E-state index is 0.102. The van der Waals surface area contributed by atoms with Crippen LogP contribution in [0.1, 0.15) is 51.2 Å². The van der Waals surface area contributed by atoms with Crippen molar-refractivity contribution in [2.45, 2.75) is 52.5 Å². The lowest BCUT2D eigenvalue weighted by Crippen LogP contribution is -2.41. The van der Waals surface area contributed by atoms with Crippen LogP contribution in [-0.2, 0) is 11.2 Å². The molecular weight excluding hydrogens is 284 g/mol. The zero-order chi connectivity index (χ0) is 17.6. The zero-order valence-electron chi connectivity index (χ0n) is 16.0. The lowest BCUT2D eigenvalue weighted by molar-refractivity contribution is -0.870. The number of benzene rings is 1. The van der Waals surface area contributed by atoms with Crippen molar-refractivity contribution in [1.29, 1.82) is 0 Å². The molecule has 0 aromatic heterocycles. The van der Waals surface area contributed by atoms with E-state index in [-0.39, 0.29) is 17.9 Å². The first-order valence-corrected chi connectivity index (χ1v) is 8.78. The minimum atomic E-state index is -0.102. The van der Waals surface area contributed by atoms with Crippen LogP contribution in [0, 0.1) is 5.92 Å². The van der Waals surface area contributed by atoms with Gasteiger partial charge in [0.2, 0.25) is 5.91 Å². The molecule has 1 N–H and O–H groups in total. The lowest BCUT2D eigenvalue weighted by atomic mass is 9.96. The predicted octanol–water partition coefficient (Wildman–Crippen LogP) is 3.59. The summed E-state index contributed by atoms with van der Waals surface area (Å²) in [5.74, 6) is 0.675. The van der Waals surface area contributed by atoms with Gasteiger partial charge < -0.3 is 9.80 Å². The van der Waals surface area contributed by atoms with Gasteiger partial charge in [-0.1, -0.05) is 38.1 Å². The fraction of sp³-hybridized carbons (Fsp3) is 0.650. The van der Waals surface area contributed by atoms with Crippen LogP contribution in [-0.4, -0.2) is 44.1 Å². The average Bonchev–Trinajstić information content (AvgIpc) is 2.44. The Morgan fingerprint density at radius 2 is 1.61 bits per heavy atom. The van der Waals surface area contributed by atoms with E-state index < -0.39 is 0 Å². The molecule has 3 heteroatoms. The quantitative estimate of drug-likeness (QED) is 0.729. The number of quaternary nitrogens is 1. The van der Waals surface area contributed by atoms with Crippen molar-refractivity contribution in [2.24, 2.45) is 5.92 Å². The number of hydrogen-bond acceptors (Lipinski definition) is 1. The molecule has 1 unspecified atom stereocenters. The topological polar surface area (TPSA) is 29.1 Å². The third-order valence-corrected chi connectivity index (χ3v) is 4.14. The highest BCUT2D eigenvalue weighted by molar-refractivity contribution is 5.83. The van der Waals surface area contributed by atoms with Gasteiger partial charge in [-0.25, -0.2) is 0 Å². The van der Waals surface area contributed by atoms with E-state index in [1.165, 1.54) is 5.56 Å². The summed E-state index contributed by atoms with van der Waals surface area (Å²) in [6.45, 7) is 9.58. The standard InChI is InChI=1S/C20H34N2O/c1-15(2)14-18-8-10-19(11-9-18)17(4)20(23)21-16(3)12-13-22(5,6)7/h8-11,15-17H,12-14H2,1-7H3/p+1/t16-,17?/m1/s1. The maximum atomic E-state index is 12.4. The molecule has 0 heterocycles. The second-order valence-electron chi connectivity index (χ2n) is 8.27. The van der Waals surface area contributed by atoms with Gasteiger partial charge in [0.15, 0.2) is 0 Å². The summed E-state index contributed by atoms with van der Waals surface area (Å²) < 4.78 is 0.924. The van der Waals surface area contributed by atoms with Crippen LogP contribution >= 0.6 is 0 Å². The molecule has 23 heavy (non-hydrogen) atoms. The van der Waals surface area contributed by atoms with Gasteiger partial charge in [-0.05, 0) is 37.3 Å². The van der Waals surface area contributed by atoms with Gasteiger partial charge in [0.25, 0.3) is 0 Å². The van der Waals surface area contributed by atoms with Gasteiger partial charge in [-0.15, -0.1) is 0 Å². The van der Waals surface area contributed by atoms with Gasteiger partial charge >= 0.3 is 0 Å². The van der Waals surface area contributed by atoms with Gasteiger partial charge in [0.05, 0.1) is 33.6 Å². The van der Waals surface area contributed by atoms with Gasteiger partial charge in [-0.3, -0.25) is 4.79 Å². The molecule has 1 aromatic rings. The highest BCUT2D eigenvalue weighted by Crippen LogP contribution is 2.18. The first-order valence-electron chi connectivity index (χ1n) is 8.78. The molecule has 0 aliphatic heterocycles. The van der Waals surface area contributed by atoms with E-state index in [1.807, 2.05) is 6.92 Å². The third-order valence-electron chi connectivity index (χ3n) is 4.14. The molecule has 0 bridgehead atoms. The summed E-state index contributed by atoms with van der Waals surface area (Å²) in [6, 6.07) is 8.71. The van der Waals surface area contributed by atoms with Gasteiger partial charge in [0, 0.05) is 12.5 Å². The normalized spacial score (nSPS) is 14.6. The van der Waals surface area contributed by atoms with E-state index in [1.54, 1.807) is 0 Å². The number of rotatable bonds is 8. The number of hydrogen-bond donors (Lipinski definition) is 1. The molecule has 1 aromatic carbocycles. The Balaban J connectivity index is 2.55. The average molecular weight is 320 g/mol. The molecule has 2 atom stereocenters. The van der Waals surface area contributed by atoms with Crippen LogP contribution in [0.3, 0.4) is 0 Å². The molecule has 0 saturated carbocycles. The van der Waals surface area contributed by atoms with Crippen molar-refractivity contribution < 1.29 is 9.28 Å². The number of nitrogens with one attached hydrogen (secondary N) is 1. The molecule has 0 saturated heterocycles. The van der Waals surface area contributed by atoms with Crippen LogP contribution in [0.5, 0.6) is 0 Å². The van der Waals surface area contributed by atoms with E-state index in [4.69, 9.17) is 0 Å². The van der Waals surface area contributed by atoms with Crippen LogP contribution in [0.4, 0.5) is 0 Å². The van der Waals surface area contributed by atoms with Crippen molar-refractivity contribution >= 4 is 5.91 Å². The van der Waals surface area contributed by atoms with E-state index in [0.29, 0.717) is 5.92 Å². The number of nitrogens with zero attached hydrogens (tertiary/aromatic N) is 1. The van der Waals surface area contributed by atoms with Crippen molar-refractivity contribution in [3.8, 4) is 0 Å². The first kappa shape index (κ1) is 19.7. The SMILES string of the molecule is CC(C)Cc1ccc(C(C)C(=O)N[C@H](C)CC[N+](C)(C)C)cc1. The van der Waals surface area contributed by atoms with Crippen LogP contribution in [0.15, 0.2) is 24.3 Å². The van der Waals surface area contributed by atoms with Crippen LogP contribution in [0.25, 0.3) is 0 Å². The van der Waals surface area contributed by atoms with E-state index in [0.717, 1.165) is 29.4 Å². The molecule has 0 fully saturated rings. The lowest BCUT2D eigenvalue weighted by Gasteiger charge is -2.26. The van der Waals surface area contributed by atoms with Gasteiger partial charge in [0.1, 0.15) is 0 Å². The van der Waals surface area contributed by atoms with Crippen molar-refractivity contribution in [3.63, 3.8) is 0 Å². The second-order valence-corrected chi connectivity index (χ2v) is 8.27. The highest BCUT2D eigenvalue weighted by Gasteiger charge is 2.18. The maximum Gasteiger partial charge on any atom is 0.227 e. The summed E-state index contributed by atoms with van der Waals surface area (Å²) in [6.07, 6.45) is 2.08. The monoisotopic (exact) mass is 319 g/mol. The van der Waals surface area contributed by atoms with E-state index >= 15 is 0 Å². The Labute approximate surface area is 142 Å².